The molecule has 3 rings (SSSR count). The number of amides is 1. The minimum absolute atomic E-state index is 0.124. The molecule has 1 atom stereocenters. The molecule has 0 unspecified atom stereocenters. The van der Waals surface area contributed by atoms with Crippen molar-refractivity contribution in [3.63, 3.8) is 0 Å². The number of halogens is 1. The first-order valence-corrected chi connectivity index (χ1v) is 9.26. The molecule has 1 aliphatic heterocycles. The number of nitro benzene ring substituents is 1. The largest absolute Gasteiger partial charge is 0.506 e. The maximum Gasteiger partial charge on any atom is 0.271 e. The summed E-state index contributed by atoms with van der Waals surface area (Å²) < 4.78 is 0. The lowest BCUT2D eigenvalue weighted by Gasteiger charge is -2.38. The van der Waals surface area contributed by atoms with E-state index >= 15 is 0 Å². The Morgan fingerprint density at radius 2 is 1.89 bits per heavy atom. The van der Waals surface area contributed by atoms with Gasteiger partial charge in [-0.3, -0.25) is 19.8 Å². The number of rotatable bonds is 5. The zero-order chi connectivity index (χ0) is 20.3. The van der Waals surface area contributed by atoms with Crippen LogP contribution in [0.3, 0.4) is 0 Å². The second kappa shape index (κ2) is 8.45. The summed E-state index contributed by atoms with van der Waals surface area (Å²) in [5.41, 5.74) is 1.00. The highest BCUT2D eigenvalue weighted by Gasteiger charge is 2.27. The Bertz CT molecular complexity index is 884. The van der Waals surface area contributed by atoms with Crippen LogP contribution in [0.5, 0.6) is 5.75 Å². The van der Waals surface area contributed by atoms with Crippen molar-refractivity contribution >= 4 is 34.6 Å². The Labute approximate surface area is 167 Å². The number of aromatic hydroxyl groups is 1. The van der Waals surface area contributed by atoms with Crippen LogP contribution in [0.2, 0.25) is 5.02 Å². The first kappa shape index (κ1) is 19.9. The van der Waals surface area contributed by atoms with Crippen molar-refractivity contribution in [2.24, 2.45) is 0 Å². The Hall–Kier alpha value is -2.84. The van der Waals surface area contributed by atoms with Gasteiger partial charge in [-0.15, -0.1) is 0 Å². The van der Waals surface area contributed by atoms with Crippen LogP contribution in [0.15, 0.2) is 42.5 Å². The van der Waals surface area contributed by atoms with Gasteiger partial charge in [0.05, 0.1) is 27.4 Å². The minimum atomic E-state index is -0.538. The zero-order valence-electron chi connectivity index (χ0n) is 15.3. The number of nitro groups is 1. The molecular formula is C19H21ClN4O4. The van der Waals surface area contributed by atoms with Crippen molar-refractivity contribution < 1.29 is 14.8 Å². The van der Waals surface area contributed by atoms with Gasteiger partial charge >= 0.3 is 0 Å². The van der Waals surface area contributed by atoms with Crippen LogP contribution in [0.25, 0.3) is 0 Å². The van der Waals surface area contributed by atoms with Crippen LogP contribution in [0.1, 0.15) is 6.92 Å². The van der Waals surface area contributed by atoms with Gasteiger partial charge in [0.15, 0.2) is 0 Å². The first-order valence-electron chi connectivity index (χ1n) is 8.88. The molecule has 1 saturated heterocycles. The Morgan fingerprint density at radius 3 is 2.50 bits per heavy atom. The fourth-order valence-electron chi connectivity index (χ4n) is 3.20. The number of hydrogen-bond donors (Lipinski definition) is 2. The Kier molecular flexibility index (Phi) is 6.01. The molecule has 9 heteroatoms. The second-order valence-electron chi connectivity index (χ2n) is 6.60. The standard InChI is InChI=1S/C19H21ClN4O4/c1-13(19(26)21-16-7-6-14(24(27)28)12-15(16)20)22-8-10-23(11-9-22)17-4-2-3-5-18(17)25/h2-7,12-13,25H,8-11H2,1H3,(H,21,26)/t13-/m1/s1. The Balaban J connectivity index is 1.59. The molecule has 0 aliphatic carbocycles. The number of para-hydroxylation sites is 2. The van der Waals surface area contributed by atoms with E-state index < -0.39 is 11.0 Å². The lowest BCUT2D eigenvalue weighted by molar-refractivity contribution is -0.384. The van der Waals surface area contributed by atoms with Crippen LogP contribution >= 0.6 is 11.6 Å². The summed E-state index contributed by atoms with van der Waals surface area (Å²) >= 11 is 6.05. The summed E-state index contributed by atoms with van der Waals surface area (Å²) in [6.07, 6.45) is 0. The summed E-state index contributed by atoms with van der Waals surface area (Å²) in [5.74, 6) is 0.0151. The van der Waals surface area contributed by atoms with E-state index in [4.69, 9.17) is 11.6 Å². The molecule has 1 heterocycles. The van der Waals surface area contributed by atoms with Crippen LogP contribution in [0.4, 0.5) is 17.1 Å². The third-order valence-electron chi connectivity index (χ3n) is 4.89. The number of carbonyl (C=O) groups excluding carboxylic acids is 1. The van der Waals surface area contributed by atoms with E-state index in [0.29, 0.717) is 31.9 Å². The molecule has 148 valence electrons. The van der Waals surface area contributed by atoms with E-state index in [1.165, 1.54) is 18.2 Å². The van der Waals surface area contributed by atoms with Gasteiger partial charge in [0, 0.05) is 38.3 Å². The van der Waals surface area contributed by atoms with Crippen molar-refractivity contribution in [1.82, 2.24) is 4.90 Å². The molecule has 2 N–H and O–H groups in total. The van der Waals surface area contributed by atoms with E-state index in [1.54, 1.807) is 12.1 Å². The quantitative estimate of drug-likeness (QED) is 0.586. The molecule has 0 bridgehead atoms. The predicted molar refractivity (Wildman–Crippen MR) is 108 cm³/mol. The van der Waals surface area contributed by atoms with Gasteiger partial charge in [-0.25, -0.2) is 0 Å². The summed E-state index contributed by atoms with van der Waals surface area (Å²) in [4.78, 5) is 27.0. The van der Waals surface area contributed by atoms with Gasteiger partial charge in [0.2, 0.25) is 5.91 Å². The average molecular weight is 405 g/mol. The van der Waals surface area contributed by atoms with Gasteiger partial charge in [-0.1, -0.05) is 23.7 Å². The molecule has 2 aromatic rings. The third kappa shape index (κ3) is 4.35. The number of phenolic OH excluding ortho intramolecular Hbond substituents is 1. The highest BCUT2D eigenvalue weighted by molar-refractivity contribution is 6.34. The topological polar surface area (TPSA) is 98.9 Å². The Morgan fingerprint density at radius 1 is 1.21 bits per heavy atom. The van der Waals surface area contributed by atoms with E-state index in [-0.39, 0.29) is 22.4 Å². The van der Waals surface area contributed by atoms with Crippen LogP contribution in [0, 0.1) is 10.1 Å². The smallest absolute Gasteiger partial charge is 0.271 e. The summed E-state index contributed by atoms with van der Waals surface area (Å²) in [5, 5.41) is 23.6. The fourth-order valence-corrected chi connectivity index (χ4v) is 3.43. The zero-order valence-corrected chi connectivity index (χ0v) is 16.1. The number of benzene rings is 2. The van der Waals surface area contributed by atoms with Gasteiger partial charge in [0.1, 0.15) is 5.75 Å². The van der Waals surface area contributed by atoms with E-state index in [1.807, 2.05) is 24.0 Å². The molecule has 1 amide bonds. The number of piperazine rings is 1. The molecule has 28 heavy (non-hydrogen) atoms. The van der Waals surface area contributed by atoms with Gasteiger partial charge in [-0.05, 0) is 25.1 Å². The summed E-state index contributed by atoms with van der Waals surface area (Å²) in [6, 6.07) is 10.8. The number of phenols is 1. The molecule has 0 spiro atoms. The summed E-state index contributed by atoms with van der Waals surface area (Å²) in [6.45, 7) is 4.51. The van der Waals surface area contributed by atoms with E-state index in [2.05, 4.69) is 10.2 Å². The minimum Gasteiger partial charge on any atom is -0.506 e. The average Bonchev–Trinajstić information content (AvgIpc) is 2.69. The van der Waals surface area contributed by atoms with Crippen molar-refractivity contribution in [2.75, 3.05) is 36.4 Å². The lowest BCUT2D eigenvalue weighted by Crippen LogP contribution is -2.52. The molecule has 8 nitrogen and oxygen atoms in total. The van der Waals surface area contributed by atoms with Gasteiger partial charge < -0.3 is 15.3 Å². The fraction of sp³-hybridized carbons (Fsp3) is 0.316. The van der Waals surface area contributed by atoms with E-state index in [9.17, 15) is 20.0 Å². The maximum absolute atomic E-state index is 12.6. The van der Waals surface area contributed by atoms with Gasteiger partial charge in [-0.2, -0.15) is 0 Å². The molecule has 0 saturated carbocycles. The lowest BCUT2D eigenvalue weighted by atomic mass is 10.2. The van der Waals surface area contributed by atoms with Crippen molar-refractivity contribution in [3.8, 4) is 5.75 Å². The first-order chi connectivity index (χ1) is 13.4. The maximum atomic E-state index is 12.6. The number of nitrogens with zero attached hydrogens (tertiary/aromatic N) is 3. The number of anilines is 2. The monoisotopic (exact) mass is 404 g/mol. The normalized spacial score (nSPS) is 15.9. The predicted octanol–water partition coefficient (Wildman–Crippen LogP) is 3.10. The van der Waals surface area contributed by atoms with Crippen molar-refractivity contribution in [1.29, 1.82) is 0 Å². The molecular weight excluding hydrogens is 384 g/mol. The van der Waals surface area contributed by atoms with Gasteiger partial charge in [0.25, 0.3) is 5.69 Å². The highest BCUT2D eigenvalue weighted by Crippen LogP contribution is 2.28. The second-order valence-corrected chi connectivity index (χ2v) is 7.01. The highest BCUT2D eigenvalue weighted by atomic mass is 35.5. The third-order valence-corrected chi connectivity index (χ3v) is 5.20. The molecule has 1 aliphatic rings. The number of nitrogens with one attached hydrogen (secondary N) is 1. The van der Waals surface area contributed by atoms with Crippen molar-refractivity contribution in [3.05, 3.63) is 57.6 Å². The van der Waals surface area contributed by atoms with Crippen molar-refractivity contribution in [2.45, 2.75) is 13.0 Å². The van der Waals surface area contributed by atoms with Crippen LogP contribution < -0.4 is 10.2 Å². The molecule has 1 fully saturated rings. The number of carbonyl (C=O) groups is 1. The molecule has 0 radical (unpaired) electrons. The number of hydrogen-bond acceptors (Lipinski definition) is 6. The van der Waals surface area contributed by atoms with E-state index in [0.717, 1.165) is 5.69 Å². The SMILES string of the molecule is C[C@H](C(=O)Nc1ccc([N+](=O)[O-])cc1Cl)N1CCN(c2ccccc2O)CC1. The number of non-ortho nitro benzene ring substituents is 1. The molecule has 2 aromatic carbocycles. The van der Waals surface area contributed by atoms with Crippen LogP contribution in [-0.2, 0) is 4.79 Å². The molecule has 0 aromatic heterocycles. The van der Waals surface area contributed by atoms with Crippen LogP contribution in [-0.4, -0.2) is 53.1 Å². The summed E-state index contributed by atoms with van der Waals surface area (Å²) in [7, 11) is 0.